The molecule has 0 amide bonds. The molecule has 5 rings (SSSR count). The van der Waals surface area contributed by atoms with Crippen LogP contribution < -0.4 is 16.1 Å². The summed E-state index contributed by atoms with van der Waals surface area (Å²) in [5.74, 6) is 1.65. The molecule has 2 aliphatic rings. The highest BCUT2D eigenvalue weighted by molar-refractivity contribution is 8.01. The summed E-state index contributed by atoms with van der Waals surface area (Å²) in [4.78, 5) is 15.3. The number of rotatable bonds is 5. The van der Waals surface area contributed by atoms with Crippen molar-refractivity contribution in [1.82, 2.24) is 20.3 Å². The Labute approximate surface area is 195 Å². The molecule has 2 aliphatic heterocycles. The zero-order valence-electron chi connectivity index (χ0n) is 19.2. The normalized spacial score (nSPS) is 20.2. The summed E-state index contributed by atoms with van der Waals surface area (Å²) < 4.78 is 14.4. The number of anilines is 1. The van der Waals surface area contributed by atoms with Crippen molar-refractivity contribution in [2.24, 2.45) is 0 Å². The molecule has 0 spiro atoms. The molecule has 1 fully saturated rings. The highest BCUT2D eigenvalue weighted by Gasteiger charge is 2.41. The Hall–Kier alpha value is -1.82. The van der Waals surface area contributed by atoms with E-state index in [-0.39, 0.29) is 7.92 Å². The van der Waals surface area contributed by atoms with E-state index in [0.29, 0.717) is 6.54 Å². The Morgan fingerprint density at radius 3 is 2.72 bits per heavy atom. The molecule has 0 aliphatic carbocycles. The van der Waals surface area contributed by atoms with E-state index in [9.17, 15) is 4.39 Å². The number of nitrogens with zero attached hydrogens (tertiary/aromatic N) is 3. The van der Waals surface area contributed by atoms with Gasteiger partial charge in [0.25, 0.3) is 0 Å². The summed E-state index contributed by atoms with van der Waals surface area (Å²) in [6.07, 6.45) is 5.00. The molecule has 3 aromatic rings. The van der Waals surface area contributed by atoms with Gasteiger partial charge in [0.15, 0.2) is 5.00 Å². The highest BCUT2D eigenvalue weighted by Crippen LogP contribution is 2.56. The van der Waals surface area contributed by atoms with E-state index < -0.39 is 5.00 Å². The Morgan fingerprint density at radius 1 is 1.22 bits per heavy atom. The summed E-state index contributed by atoms with van der Waals surface area (Å²) in [7, 11) is -0.230. The zero-order valence-corrected chi connectivity index (χ0v) is 20.9. The molecule has 1 atom stereocenters. The van der Waals surface area contributed by atoms with Crippen LogP contribution in [-0.4, -0.2) is 40.4 Å². The molecule has 1 aromatic carbocycles. The number of fused-ring (bicyclic) bond motifs is 2. The standard InChI is InChI=1S/C22H25FN5PS.C2H6/c1-3-18-27-17-13-25-19(29-9-7-24-8-10-29)11-15(17)21(28-18)26-12-14-5-4-6-16-20(14)30-22(16,2)23;1-2/h4-6,11,13,24H,3,7-10,12H2,1-2H3,(H,26,27,28);1-2H3. The van der Waals surface area contributed by atoms with Gasteiger partial charge >= 0.3 is 0 Å². The van der Waals surface area contributed by atoms with E-state index in [1.54, 1.807) is 6.92 Å². The smallest absolute Gasteiger partial charge is 0.184 e. The second-order valence-corrected chi connectivity index (χ2v) is 11.6. The average molecular weight is 472 g/mol. The predicted molar refractivity (Wildman–Crippen MR) is 135 cm³/mol. The van der Waals surface area contributed by atoms with Gasteiger partial charge < -0.3 is 10.6 Å². The van der Waals surface area contributed by atoms with Gasteiger partial charge in [0, 0.05) is 28.8 Å². The lowest BCUT2D eigenvalue weighted by Crippen LogP contribution is -2.30. The van der Waals surface area contributed by atoms with Crippen molar-refractivity contribution in [3.63, 3.8) is 0 Å². The van der Waals surface area contributed by atoms with Gasteiger partial charge in [-0.3, -0.25) is 4.98 Å². The minimum atomic E-state index is -1.28. The molecule has 4 heterocycles. The van der Waals surface area contributed by atoms with E-state index in [1.165, 1.54) is 29.5 Å². The van der Waals surface area contributed by atoms with E-state index >= 15 is 0 Å². The summed E-state index contributed by atoms with van der Waals surface area (Å²) >= 11 is 1.30. The first-order valence-electron chi connectivity index (χ1n) is 11.4. The number of hydrogen-bond donors (Lipinski definition) is 2. The van der Waals surface area contributed by atoms with Crippen LogP contribution in [0.3, 0.4) is 0 Å². The zero-order chi connectivity index (χ0) is 22.7. The van der Waals surface area contributed by atoms with Crippen LogP contribution in [0.4, 0.5) is 10.2 Å². The number of thioether (sulfide) groups is 1. The Bertz CT molecular complexity index is 1100. The lowest BCUT2D eigenvalue weighted by atomic mass is 10.1. The van der Waals surface area contributed by atoms with Crippen LogP contribution in [0.5, 0.6) is 0 Å². The first kappa shape index (κ1) is 23.3. The summed E-state index contributed by atoms with van der Waals surface area (Å²) in [6, 6.07) is 8.06. The molecule has 32 heavy (non-hydrogen) atoms. The van der Waals surface area contributed by atoms with Gasteiger partial charge in [-0.1, -0.05) is 58.7 Å². The third-order valence-electron chi connectivity index (χ3n) is 5.69. The molecule has 2 N–H and O–H groups in total. The van der Waals surface area contributed by atoms with Crippen molar-refractivity contribution in [2.45, 2.75) is 50.6 Å². The maximum Gasteiger partial charge on any atom is 0.184 e. The second kappa shape index (κ2) is 9.98. The van der Waals surface area contributed by atoms with Crippen LogP contribution in [0.15, 0.2) is 35.4 Å². The fraction of sp³-hybridized carbons (Fsp3) is 0.458. The van der Waals surface area contributed by atoms with Crippen LogP contribution in [0.1, 0.15) is 44.6 Å². The molecular formula is C24H31FN5PS. The van der Waals surface area contributed by atoms with Gasteiger partial charge in [-0.15, -0.1) is 0 Å². The maximum absolute atomic E-state index is 14.4. The van der Waals surface area contributed by atoms with E-state index in [4.69, 9.17) is 9.97 Å². The lowest BCUT2D eigenvalue weighted by molar-refractivity contribution is 0.305. The van der Waals surface area contributed by atoms with Crippen LogP contribution >= 0.6 is 19.7 Å². The largest absolute Gasteiger partial charge is 0.365 e. The lowest BCUT2D eigenvalue weighted by Gasteiger charge is -2.34. The number of aromatic nitrogens is 3. The van der Waals surface area contributed by atoms with Gasteiger partial charge in [-0.2, -0.15) is 0 Å². The van der Waals surface area contributed by atoms with E-state index in [2.05, 4.69) is 34.7 Å². The fourth-order valence-corrected chi connectivity index (χ4v) is 7.23. The third-order valence-corrected chi connectivity index (χ3v) is 9.40. The van der Waals surface area contributed by atoms with E-state index in [1.807, 2.05) is 32.2 Å². The highest BCUT2D eigenvalue weighted by atomic mass is 32.2. The van der Waals surface area contributed by atoms with Crippen molar-refractivity contribution >= 4 is 41.8 Å². The second-order valence-electron chi connectivity index (χ2n) is 7.80. The molecule has 1 saturated heterocycles. The number of halogens is 1. The number of aryl methyl sites for hydroxylation is 1. The van der Waals surface area contributed by atoms with Gasteiger partial charge in [0.05, 0.1) is 17.1 Å². The Morgan fingerprint density at radius 2 is 2.00 bits per heavy atom. The fourth-order valence-electron chi connectivity index (χ4n) is 4.00. The van der Waals surface area contributed by atoms with Gasteiger partial charge in [-0.05, 0) is 44.0 Å². The Kier molecular flexibility index (Phi) is 7.28. The molecule has 0 saturated carbocycles. The van der Waals surface area contributed by atoms with Crippen molar-refractivity contribution in [3.05, 3.63) is 47.4 Å². The first-order valence-corrected chi connectivity index (χ1v) is 13.9. The molecule has 2 aromatic heterocycles. The minimum Gasteiger partial charge on any atom is -0.365 e. The minimum absolute atomic E-state index is 0.230. The number of benzene rings is 1. The quantitative estimate of drug-likeness (QED) is 0.500. The molecule has 170 valence electrons. The summed E-state index contributed by atoms with van der Waals surface area (Å²) in [5.41, 5.74) is 3.95. The average Bonchev–Trinajstić information content (AvgIpc) is 2.83. The molecular weight excluding hydrogens is 440 g/mol. The number of nitrogens with one attached hydrogen (secondary N) is 2. The molecule has 0 bridgehead atoms. The monoisotopic (exact) mass is 471 g/mol. The predicted octanol–water partition coefficient (Wildman–Crippen LogP) is 5.18. The SMILES string of the molecule is CC.CCc1nc(NCc2cccc3c2SC3(C)F)c2cc(P3CCNCC3)ncc2n1. The first-order chi connectivity index (χ1) is 15.5. The number of pyridine rings is 1. The molecule has 0 radical (unpaired) electrons. The van der Waals surface area contributed by atoms with Gasteiger partial charge in [0.1, 0.15) is 11.6 Å². The van der Waals surface area contributed by atoms with Crippen molar-refractivity contribution in [3.8, 4) is 0 Å². The molecule has 8 heteroatoms. The van der Waals surface area contributed by atoms with Crippen molar-refractivity contribution < 1.29 is 4.39 Å². The number of alkyl halides is 1. The summed E-state index contributed by atoms with van der Waals surface area (Å²) in [5, 5.41) is 6.69. The number of hydrogen-bond acceptors (Lipinski definition) is 6. The van der Waals surface area contributed by atoms with Crippen LogP contribution in [0.25, 0.3) is 10.9 Å². The third kappa shape index (κ3) is 4.61. The maximum atomic E-state index is 14.4. The van der Waals surface area contributed by atoms with Crippen LogP contribution in [0.2, 0.25) is 0 Å². The van der Waals surface area contributed by atoms with Crippen LogP contribution in [-0.2, 0) is 18.0 Å². The van der Waals surface area contributed by atoms with Crippen molar-refractivity contribution in [2.75, 3.05) is 30.7 Å². The Balaban J connectivity index is 0.00000119. The van der Waals surface area contributed by atoms with Gasteiger partial charge in [0.2, 0.25) is 0 Å². The van der Waals surface area contributed by atoms with E-state index in [0.717, 1.165) is 58.1 Å². The van der Waals surface area contributed by atoms with Gasteiger partial charge in [-0.25, -0.2) is 14.4 Å². The molecule has 1 unspecified atom stereocenters. The molecule has 5 nitrogen and oxygen atoms in total. The van der Waals surface area contributed by atoms with Crippen molar-refractivity contribution in [1.29, 1.82) is 0 Å². The topological polar surface area (TPSA) is 62.7 Å². The summed E-state index contributed by atoms with van der Waals surface area (Å²) in [6.45, 7) is 10.4. The van der Waals surface area contributed by atoms with Crippen LogP contribution in [0, 0.1) is 0 Å².